The van der Waals surface area contributed by atoms with Crippen LogP contribution in [0.4, 0.5) is 5.69 Å². The molecule has 196 valence electrons. The molecular formula is C32H33ClN2O3. The highest BCUT2D eigenvalue weighted by Gasteiger charge is 2.20. The fourth-order valence-electron chi connectivity index (χ4n) is 4.24. The van der Waals surface area contributed by atoms with E-state index < -0.39 is 12.1 Å². The second-order valence-electron chi connectivity index (χ2n) is 9.29. The SMILES string of the molecule is CCCCCCC(Oc1ccccc1CNc1cccc(C=Cc2ccc3ccc(Cl)cc3n2)c1)C(=O)O. The summed E-state index contributed by atoms with van der Waals surface area (Å²) in [7, 11) is 0. The van der Waals surface area contributed by atoms with Gasteiger partial charge < -0.3 is 15.2 Å². The Labute approximate surface area is 229 Å². The van der Waals surface area contributed by atoms with Gasteiger partial charge in [0.05, 0.1) is 11.2 Å². The van der Waals surface area contributed by atoms with E-state index in [1.54, 1.807) is 0 Å². The maximum atomic E-state index is 11.8. The molecule has 0 aliphatic rings. The summed E-state index contributed by atoms with van der Waals surface area (Å²) in [6, 6.07) is 25.4. The van der Waals surface area contributed by atoms with E-state index in [1.165, 1.54) is 0 Å². The number of carbonyl (C=O) groups is 1. The van der Waals surface area contributed by atoms with Crippen LogP contribution in [0.25, 0.3) is 23.1 Å². The molecule has 4 aromatic rings. The Morgan fingerprint density at radius 2 is 1.84 bits per heavy atom. The van der Waals surface area contributed by atoms with Crippen molar-refractivity contribution < 1.29 is 14.6 Å². The van der Waals surface area contributed by atoms with E-state index in [1.807, 2.05) is 84.9 Å². The topological polar surface area (TPSA) is 71.5 Å². The third kappa shape index (κ3) is 7.83. The largest absolute Gasteiger partial charge is 0.479 e. The summed E-state index contributed by atoms with van der Waals surface area (Å²) in [4.78, 5) is 16.5. The van der Waals surface area contributed by atoms with Gasteiger partial charge in [-0.25, -0.2) is 9.78 Å². The van der Waals surface area contributed by atoms with Gasteiger partial charge in [0.15, 0.2) is 6.10 Å². The smallest absolute Gasteiger partial charge is 0.344 e. The molecular weight excluding hydrogens is 496 g/mol. The first-order valence-electron chi connectivity index (χ1n) is 13.1. The van der Waals surface area contributed by atoms with Gasteiger partial charge in [-0.2, -0.15) is 0 Å². The molecule has 0 saturated heterocycles. The number of rotatable bonds is 13. The van der Waals surface area contributed by atoms with Crippen molar-refractivity contribution in [2.24, 2.45) is 0 Å². The van der Waals surface area contributed by atoms with Gasteiger partial charge in [-0.1, -0.05) is 86.3 Å². The van der Waals surface area contributed by atoms with E-state index in [0.29, 0.717) is 23.7 Å². The van der Waals surface area contributed by atoms with Crippen LogP contribution >= 0.6 is 11.6 Å². The van der Waals surface area contributed by atoms with Crippen molar-refractivity contribution in [3.63, 3.8) is 0 Å². The lowest BCUT2D eigenvalue weighted by Crippen LogP contribution is -2.27. The van der Waals surface area contributed by atoms with Gasteiger partial charge in [0.1, 0.15) is 5.75 Å². The summed E-state index contributed by atoms with van der Waals surface area (Å²) in [5.74, 6) is -0.325. The normalized spacial score (nSPS) is 12.1. The maximum Gasteiger partial charge on any atom is 0.344 e. The van der Waals surface area contributed by atoms with Gasteiger partial charge in [-0.15, -0.1) is 0 Å². The number of benzene rings is 3. The lowest BCUT2D eigenvalue weighted by Gasteiger charge is -2.18. The van der Waals surface area contributed by atoms with Crippen molar-refractivity contribution in [1.29, 1.82) is 0 Å². The van der Waals surface area contributed by atoms with Crippen LogP contribution in [0.3, 0.4) is 0 Å². The lowest BCUT2D eigenvalue weighted by atomic mass is 10.1. The number of halogens is 1. The zero-order valence-electron chi connectivity index (χ0n) is 21.6. The molecule has 1 heterocycles. The van der Waals surface area contributed by atoms with Crippen LogP contribution in [-0.2, 0) is 11.3 Å². The number of carboxylic acid groups (broad SMARTS) is 1. The molecule has 1 aromatic heterocycles. The molecule has 0 bridgehead atoms. The Bertz CT molecular complexity index is 1400. The molecule has 5 nitrogen and oxygen atoms in total. The molecule has 0 aliphatic carbocycles. The second-order valence-corrected chi connectivity index (χ2v) is 9.72. The van der Waals surface area contributed by atoms with Crippen LogP contribution in [0.2, 0.25) is 5.02 Å². The summed E-state index contributed by atoms with van der Waals surface area (Å²) < 4.78 is 5.96. The van der Waals surface area contributed by atoms with Crippen LogP contribution in [0.1, 0.15) is 55.8 Å². The second kappa shape index (κ2) is 13.6. The van der Waals surface area contributed by atoms with Crippen LogP contribution in [0.15, 0.2) is 78.9 Å². The van der Waals surface area contributed by atoms with E-state index >= 15 is 0 Å². The fraction of sp³-hybridized carbons (Fsp3) is 0.250. The van der Waals surface area contributed by atoms with E-state index in [9.17, 15) is 9.90 Å². The van der Waals surface area contributed by atoms with Gasteiger partial charge in [-0.05, 0) is 60.9 Å². The quantitative estimate of drug-likeness (QED) is 0.170. The molecule has 2 N–H and O–H groups in total. The van der Waals surface area contributed by atoms with Crippen molar-refractivity contribution in [3.8, 4) is 5.75 Å². The first-order valence-corrected chi connectivity index (χ1v) is 13.5. The van der Waals surface area contributed by atoms with Gasteiger partial charge in [-0.3, -0.25) is 0 Å². The number of hydrogen-bond donors (Lipinski definition) is 2. The molecule has 0 radical (unpaired) electrons. The molecule has 0 saturated carbocycles. The minimum Gasteiger partial charge on any atom is -0.479 e. The number of carboxylic acids is 1. The van der Waals surface area contributed by atoms with E-state index in [0.717, 1.165) is 59.1 Å². The highest BCUT2D eigenvalue weighted by Crippen LogP contribution is 2.24. The number of anilines is 1. The van der Waals surface area contributed by atoms with Gasteiger partial charge in [0.25, 0.3) is 0 Å². The highest BCUT2D eigenvalue weighted by molar-refractivity contribution is 6.31. The standard InChI is InChI=1S/C32H33ClN2O3/c1-2-3-4-5-13-31(32(36)37)38-30-12-7-6-10-25(30)22-34-28-11-8-9-23(20-28)14-18-27-19-16-24-15-17-26(33)21-29(24)35-27/h6-12,14-21,31,34H,2-5,13,22H2,1H3,(H,36,37). The number of aliphatic carboxylic acids is 1. The Balaban J connectivity index is 1.40. The van der Waals surface area contributed by atoms with Crippen molar-refractivity contribution in [2.45, 2.75) is 51.7 Å². The molecule has 0 amide bonds. The third-order valence-electron chi connectivity index (χ3n) is 6.33. The predicted octanol–water partition coefficient (Wildman–Crippen LogP) is 8.47. The Hall–Kier alpha value is -3.83. The van der Waals surface area contributed by atoms with Crippen molar-refractivity contribution in [1.82, 2.24) is 4.98 Å². The molecule has 4 rings (SSSR count). The average Bonchev–Trinajstić information content (AvgIpc) is 2.93. The highest BCUT2D eigenvalue weighted by atomic mass is 35.5. The van der Waals surface area contributed by atoms with E-state index in [-0.39, 0.29) is 0 Å². The van der Waals surface area contributed by atoms with Gasteiger partial charge in [0.2, 0.25) is 0 Å². The maximum absolute atomic E-state index is 11.8. The number of ether oxygens (including phenoxy) is 1. The number of nitrogens with zero attached hydrogens (tertiary/aromatic N) is 1. The summed E-state index contributed by atoms with van der Waals surface area (Å²) in [6.07, 6.45) is 7.74. The first kappa shape index (κ1) is 27.2. The number of para-hydroxylation sites is 1. The Kier molecular flexibility index (Phi) is 9.77. The van der Waals surface area contributed by atoms with Crippen LogP contribution in [-0.4, -0.2) is 22.2 Å². The summed E-state index contributed by atoms with van der Waals surface area (Å²) in [6.45, 7) is 2.65. The Morgan fingerprint density at radius 1 is 1.00 bits per heavy atom. The van der Waals surface area contributed by atoms with Gasteiger partial charge in [0, 0.05) is 28.2 Å². The number of nitrogens with one attached hydrogen (secondary N) is 1. The monoisotopic (exact) mass is 528 g/mol. The minimum atomic E-state index is -0.923. The number of fused-ring (bicyclic) bond motifs is 1. The van der Waals surface area contributed by atoms with Crippen LogP contribution in [0, 0.1) is 0 Å². The number of hydrogen-bond acceptors (Lipinski definition) is 4. The zero-order valence-corrected chi connectivity index (χ0v) is 22.3. The molecule has 6 heteroatoms. The van der Waals surface area contributed by atoms with E-state index in [2.05, 4.69) is 23.3 Å². The predicted molar refractivity (Wildman–Crippen MR) is 157 cm³/mol. The molecule has 0 spiro atoms. The minimum absolute atomic E-state index is 0.505. The Morgan fingerprint density at radius 3 is 2.68 bits per heavy atom. The lowest BCUT2D eigenvalue weighted by molar-refractivity contribution is -0.145. The molecule has 1 atom stereocenters. The number of unbranched alkanes of at least 4 members (excludes halogenated alkanes) is 3. The molecule has 1 unspecified atom stereocenters. The summed E-state index contributed by atoms with van der Waals surface area (Å²) in [5, 5.41) is 14.8. The number of pyridine rings is 1. The van der Waals surface area contributed by atoms with Crippen LogP contribution < -0.4 is 10.1 Å². The van der Waals surface area contributed by atoms with Gasteiger partial charge >= 0.3 is 5.97 Å². The van der Waals surface area contributed by atoms with Crippen molar-refractivity contribution in [3.05, 3.63) is 101 Å². The fourth-order valence-corrected chi connectivity index (χ4v) is 4.40. The number of aromatic nitrogens is 1. The first-order chi connectivity index (χ1) is 18.5. The molecule has 3 aromatic carbocycles. The van der Waals surface area contributed by atoms with Crippen LogP contribution in [0.5, 0.6) is 5.75 Å². The van der Waals surface area contributed by atoms with Crippen molar-refractivity contribution in [2.75, 3.05) is 5.32 Å². The molecule has 38 heavy (non-hydrogen) atoms. The zero-order chi connectivity index (χ0) is 26.7. The average molecular weight is 529 g/mol. The van der Waals surface area contributed by atoms with Crippen molar-refractivity contribution >= 4 is 46.3 Å². The summed E-state index contributed by atoms with van der Waals surface area (Å²) >= 11 is 6.12. The van der Waals surface area contributed by atoms with E-state index in [4.69, 9.17) is 16.3 Å². The molecule has 0 fully saturated rings. The third-order valence-corrected chi connectivity index (χ3v) is 6.56. The summed E-state index contributed by atoms with van der Waals surface area (Å²) in [5.41, 5.74) is 4.61. The molecule has 0 aliphatic heterocycles.